The van der Waals surface area contributed by atoms with Gasteiger partial charge in [-0.1, -0.05) is 34.9 Å². The van der Waals surface area contributed by atoms with E-state index in [2.05, 4.69) is 32.3 Å². The van der Waals surface area contributed by atoms with Crippen LogP contribution in [0.5, 0.6) is 5.75 Å². The van der Waals surface area contributed by atoms with Crippen LogP contribution in [0.2, 0.25) is 5.15 Å². The fourth-order valence-electron chi connectivity index (χ4n) is 3.02. The number of carbonyl (C=O) groups is 1. The van der Waals surface area contributed by atoms with Gasteiger partial charge in [0.25, 0.3) is 5.91 Å². The maximum Gasteiger partial charge on any atom is 0.258 e. The van der Waals surface area contributed by atoms with Gasteiger partial charge < -0.3 is 10.5 Å². The Hall–Kier alpha value is -3.74. The van der Waals surface area contributed by atoms with Crippen molar-refractivity contribution in [3.05, 3.63) is 57.8 Å². The molecule has 1 aliphatic carbocycles. The van der Waals surface area contributed by atoms with Gasteiger partial charge in [-0.3, -0.25) is 15.5 Å². The van der Waals surface area contributed by atoms with E-state index < -0.39 is 0 Å². The number of rotatable bonds is 6. The van der Waals surface area contributed by atoms with E-state index in [0.29, 0.717) is 49.8 Å². The van der Waals surface area contributed by atoms with Gasteiger partial charge >= 0.3 is 0 Å². The number of pyridine rings is 1. The minimum Gasteiger partial charge on any atom is -0.494 e. The average molecular weight is 480 g/mol. The number of nitrogens with one attached hydrogen (secondary N) is 1. The minimum absolute atomic E-state index is 0.254. The van der Waals surface area contributed by atoms with E-state index in [-0.39, 0.29) is 11.1 Å². The third kappa shape index (κ3) is 5.37. The first-order chi connectivity index (χ1) is 16.0. The molecule has 1 fully saturated rings. The minimum atomic E-state index is -0.377. The summed E-state index contributed by atoms with van der Waals surface area (Å²) >= 11 is 7.36. The van der Waals surface area contributed by atoms with Crippen LogP contribution < -0.4 is 21.2 Å². The maximum absolute atomic E-state index is 13.2. The highest BCUT2D eigenvalue weighted by atomic mass is 35.5. The van der Waals surface area contributed by atoms with E-state index >= 15 is 0 Å². The van der Waals surface area contributed by atoms with Gasteiger partial charge in [-0.15, -0.1) is 10.2 Å². The number of hydrogen-bond acceptors (Lipinski definition) is 7. The van der Waals surface area contributed by atoms with Crippen LogP contribution in [0.3, 0.4) is 0 Å². The Morgan fingerprint density at radius 1 is 1.33 bits per heavy atom. The zero-order chi connectivity index (χ0) is 23.4. The van der Waals surface area contributed by atoms with E-state index in [1.54, 1.807) is 30.3 Å². The van der Waals surface area contributed by atoms with Crippen molar-refractivity contribution >= 4 is 45.9 Å². The van der Waals surface area contributed by atoms with Crippen LogP contribution in [0, 0.1) is 17.8 Å². The number of ether oxygens (including phenoxy) is 1. The predicted octanol–water partition coefficient (Wildman–Crippen LogP) is 2.41. The third-order valence-corrected chi connectivity index (χ3v) is 5.78. The highest BCUT2D eigenvalue weighted by Gasteiger charge is 2.20. The summed E-state index contributed by atoms with van der Waals surface area (Å²) in [5, 5.41) is 17.5. The molecule has 0 saturated heterocycles. The molecule has 33 heavy (non-hydrogen) atoms. The number of amides is 1. The third-order valence-electron chi connectivity index (χ3n) is 4.82. The summed E-state index contributed by atoms with van der Waals surface area (Å²) in [7, 11) is 1.51. The van der Waals surface area contributed by atoms with Crippen molar-refractivity contribution < 1.29 is 14.9 Å². The number of allylic oxidation sites excluding steroid dienone is 1. The molecule has 1 amide bonds. The van der Waals surface area contributed by atoms with Crippen molar-refractivity contribution in [2.24, 2.45) is 11.7 Å². The van der Waals surface area contributed by atoms with Crippen LogP contribution in [0.1, 0.15) is 33.8 Å². The van der Waals surface area contributed by atoms with Gasteiger partial charge in [0.2, 0.25) is 5.13 Å². The molecule has 0 spiro atoms. The second-order valence-corrected chi connectivity index (χ2v) is 8.56. The highest BCUT2D eigenvalue weighted by Crippen LogP contribution is 2.35. The predicted molar refractivity (Wildman–Crippen MR) is 129 cm³/mol. The number of anilines is 1. The molecule has 2 aromatic heterocycles. The van der Waals surface area contributed by atoms with Crippen LogP contribution in [0.15, 0.2) is 36.5 Å². The van der Waals surface area contributed by atoms with E-state index in [1.807, 2.05) is 0 Å². The van der Waals surface area contributed by atoms with Crippen molar-refractivity contribution in [1.29, 1.82) is 0 Å². The van der Waals surface area contributed by atoms with Crippen LogP contribution in [-0.2, 0) is 0 Å². The van der Waals surface area contributed by atoms with E-state index in [0.717, 1.165) is 12.8 Å². The smallest absolute Gasteiger partial charge is 0.258 e. The van der Waals surface area contributed by atoms with Crippen LogP contribution in [-0.4, -0.2) is 34.4 Å². The molecular weight excluding hydrogens is 460 g/mol. The summed E-state index contributed by atoms with van der Waals surface area (Å²) in [5.41, 5.74) is 8.72. The molecule has 3 aromatic rings. The average Bonchev–Trinajstić information content (AvgIpc) is 3.55. The largest absolute Gasteiger partial charge is 0.494 e. The Labute approximate surface area is 199 Å². The van der Waals surface area contributed by atoms with Gasteiger partial charge in [-0.2, -0.15) is 0 Å². The van der Waals surface area contributed by atoms with Crippen LogP contribution in [0.4, 0.5) is 5.13 Å². The van der Waals surface area contributed by atoms with Crippen LogP contribution in [0.25, 0.3) is 16.8 Å². The van der Waals surface area contributed by atoms with Crippen molar-refractivity contribution in [1.82, 2.24) is 15.2 Å². The SMILES string of the molecule is COc1cnc(Cl)cc1-c1cc(/C(N)=C/C=[NH2+])ccc1C(=O)Nc1nnc(C#CC2CC2)s1. The Balaban J connectivity index is 1.72. The number of hydrogen-bond donors (Lipinski definition) is 3. The molecule has 0 bridgehead atoms. The van der Waals surface area contributed by atoms with E-state index in [9.17, 15) is 4.79 Å². The fraction of sp³-hybridized carbons (Fsp3) is 0.174. The molecule has 1 saturated carbocycles. The number of benzene rings is 1. The molecule has 1 aliphatic rings. The molecular formula is C23H20ClN6O2S+. The lowest BCUT2D eigenvalue weighted by atomic mass is 9.95. The molecule has 0 atom stereocenters. The summed E-state index contributed by atoms with van der Waals surface area (Å²) < 4.78 is 5.45. The number of methoxy groups -OCH3 is 1. The number of nitrogens with two attached hydrogens (primary N) is 2. The second kappa shape index (κ2) is 9.81. The van der Waals surface area contributed by atoms with Crippen molar-refractivity contribution in [2.45, 2.75) is 12.8 Å². The Morgan fingerprint density at radius 3 is 2.88 bits per heavy atom. The lowest BCUT2D eigenvalue weighted by Gasteiger charge is -2.14. The zero-order valence-corrected chi connectivity index (χ0v) is 19.2. The first kappa shape index (κ1) is 22.5. The highest BCUT2D eigenvalue weighted by molar-refractivity contribution is 7.15. The summed E-state index contributed by atoms with van der Waals surface area (Å²) in [6.07, 6.45) is 6.66. The second-order valence-electron chi connectivity index (χ2n) is 7.19. The van der Waals surface area contributed by atoms with Gasteiger partial charge in [0.05, 0.1) is 13.3 Å². The fourth-order valence-corrected chi connectivity index (χ4v) is 3.77. The number of carbonyl (C=O) groups excluding carboxylic acids is 1. The van der Waals surface area contributed by atoms with Gasteiger partial charge in [-0.25, -0.2) is 4.98 Å². The summed E-state index contributed by atoms with van der Waals surface area (Å²) in [5.74, 6) is 6.66. The molecule has 4 rings (SSSR count). The molecule has 0 unspecified atom stereocenters. The van der Waals surface area contributed by atoms with Gasteiger partial charge in [0.15, 0.2) is 11.2 Å². The molecule has 5 N–H and O–H groups in total. The molecule has 8 nitrogen and oxygen atoms in total. The van der Waals surface area contributed by atoms with E-state index in [4.69, 9.17) is 27.5 Å². The quantitative estimate of drug-likeness (QED) is 0.283. The molecule has 0 radical (unpaired) electrons. The molecule has 2 heterocycles. The number of nitrogens with zero attached hydrogens (tertiary/aromatic N) is 3. The maximum atomic E-state index is 13.2. The van der Waals surface area contributed by atoms with Gasteiger partial charge in [0.1, 0.15) is 10.9 Å². The van der Waals surface area contributed by atoms with Crippen LogP contribution >= 0.6 is 22.9 Å². The number of aromatic nitrogens is 3. The molecule has 0 aliphatic heterocycles. The molecule has 166 valence electrons. The Morgan fingerprint density at radius 2 is 2.15 bits per heavy atom. The summed E-state index contributed by atoms with van der Waals surface area (Å²) in [6.45, 7) is 0. The first-order valence-electron chi connectivity index (χ1n) is 10.00. The Bertz CT molecular complexity index is 1320. The lowest BCUT2D eigenvalue weighted by Crippen LogP contribution is -2.28. The Kier molecular flexibility index (Phi) is 6.68. The van der Waals surface area contributed by atoms with Crippen molar-refractivity contribution in [3.63, 3.8) is 0 Å². The topological polar surface area (TPSA) is 129 Å². The lowest BCUT2D eigenvalue weighted by molar-refractivity contribution is -0.104. The normalized spacial score (nSPS) is 13.1. The summed E-state index contributed by atoms with van der Waals surface area (Å²) in [6, 6.07) is 6.79. The monoisotopic (exact) mass is 479 g/mol. The van der Waals surface area contributed by atoms with E-state index in [1.165, 1.54) is 30.9 Å². The van der Waals surface area contributed by atoms with Crippen molar-refractivity contribution in [3.8, 4) is 28.7 Å². The standard InChI is InChI=1S/C23H19ClN6O2S/c1-32-19-12-27-20(24)11-17(19)16-10-14(18(26)8-9-25)5-6-15(16)22(31)28-23-30-29-21(33-23)7-4-13-2-3-13/h5-6,8-13,25H,2-3,26H2,1H3,(H,28,30,31)/p+1/b18-8-,25-9?. The number of halogens is 1. The molecule has 1 aromatic carbocycles. The van der Waals surface area contributed by atoms with Gasteiger partial charge in [-0.05, 0) is 48.1 Å². The zero-order valence-electron chi connectivity index (χ0n) is 17.6. The summed E-state index contributed by atoms with van der Waals surface area (Å²) in [4.78, 5) is 17.3. The van der Waals surface area contributed by atoms with Crippen molar-refractivity contribution in [2.75, 3.05) is 12.4 Å². The van der Waals surface area contributed by atoms with Gasteiger partial charge in [0, 0.05) is 28.8 Å². The molecule has 10 heteroatoms. The first-order valence-corrected chi connectivity index (χ1v) is 11.2.